The fourth-order valence-electron chi connectivity index (χ4n) is 2.18. The number of aromatic nitrogens is 2. The van der Waals surface area contributed by atoms with Crippen LogP contribution in [0.5, 0.6) is 5.75 Å². The van der Waals surface area contributed by atoms with Crippen LogP contribution in [0, 0.1) is 0 Å². The molecule has 0 bridgehead atoms. The van der Waals surface area contributed by atoms with Crippen LogP contribution in [-0.2, 0) is 12.6 Å². The molecule has 0 aliphatic carbocycles. The number of hydrogen-bond acceptors (Lipinski definition) is 2. The molecular weight excluding hydrogens is 281 g/mol. The highest BCUT2D eigenvalue weighted by molar-refractivity contribution is 5.76. The van der Waals surface area contributed by atoms with Crippen LogP contribution in [0.3, 0.4) is 0 Å². The monoisotopic (exact) mass is 292 g/mol. The third-order valence-corrected chi connectivity index (χ3v) is 3.14. The van der Waals surface area contributed by atoms with E-state index in [9.17, 15) is 18.3 Å². The van der Waals surface area contributed by atoms with Crippen LogP contribution >= 0.6 is 0 Å². The molecule has 2 aromatic carbocycles. The van der Waals surface area contributed by atoms with E-state index in [1.54, 1.807) is 18.2 Å². The maximum absolute atomic E-state index is 12.7. The molecule has 2 N–H and O–H groups in total. The standard InChI is InChI=1S/C15H11F3N2O/c16-15(17,18)10-4-5-12-13(8-10)20-14(19-12)7-9-2-1-3-11(21)6-9/h1-6,8,21H,7H2,(H,19,20). The fourth-order valence-corrected chi connectivity index (χ4v) is 2.18. The van der Waals surface area contributed by atoms with E-state index in [0.29, 0.717) is 23.3 Å². The number of H-pyrrole nitrogens is 1. The highest BCUT2D eigenvalue weighted by Gasteiger charge is 2.30. The number of aromatic hydroxyl groups is 1. The van der Waals surface area contributed by atoms with Gasteiger partial charge in [-0.1, -0.05) is 12.1 Å². The summed E-state index contributed by atoms with van der Waals surface area (Å²) >= 11 is 0. The van der Waals surface area contributed by atoms with E-state index >= 15 is 0 Å². The summed E-state index contributed by atoms with van der Waals surface area (Å²) in [4.78, 5) is 7.14. The first kappa shape index (κ1) is 13.5. The Bertz CT molecular complexity index is 793. The molecule has 0 aliphatic heterocycles. The number of nitrogens with zero attached hydrogens (tertiary/aromatic N) is 1. The Morgan fingerprint density at radius 3 is 2.62 bits per heavy atom. The molecule has 21 heavy (non-hydrogen) atoms. The normalized spacial score (nSPS) is 12.0. The van der Waals surface area contributed by atoms with Crippen LogP contribution in [-0.4, -0.2) is 15.1 Å². The lowest BCUT2D eigenvalue weighted by atomic mass is 10.1. The molecular formula is C15H11F3N2O. The number of halogens is 3. The summed E-state index contributed by atoms with van der Waals surface area (Å²) in [6.45, 7) is 0. The minimum absolute atomic E-state index is 0.142. The number of phenols is 1. The zero-order valence-corrected chi connectivity index (χ0v) is 10.8. The number of phenolic OH excluding ortho intramolecular Hbond substituents is 1. The lowest BCUT2D eigenvalue weighted by Gasteiger charge is -2.05. The van der Waals surface area contributed by atoms with Crippen molar-refractivity contribution >= 4 is 11.0 Å². The van der Waals surface area contributed by atoms with Crippen LogP contribution in [0.15, 0.2) is 42.5 Å². The molecule has 0 atom stereocenters. The molecule has 0 radical (unpaired) electrons. The zero-order valence-electron chi connectivity index (χ0n) is 10.8. The SMILES string of the molecule is Oc1cccc(Cc2nc3ccc(C(F)(F)F)cc3[nH]2)c1. The molecule has 0 spiro atoms. The second-order valence-electron chi connectivity index (χ2n) is 4.76. The average molecular weight is 292 g/mol. The molecule has 0 fully saturated rings. The van der Waals surface area contributed by atoms with E-state index in [0.717, 1.165) is 17.7 Å². The number of nitrogens with one attached hydrogen (secondary N) is 1. The Morgan fingerprint density at radius 2 is 1.90 bits per heavy atom. The maximum atomic E-state index is 12.7. The van der Waals surface area contributed by atoms with E-state index in [2.05, 4.69) is 9.97 Å². The molecule has 0 amide bonds. The summed E-state index contributed by atoms with van der Waals surface area (Å²) in [5, 5.41) is 9.40. The summed E-state index contributed by atoms with van der Waals surface area (Å²) in [5.74, 6) is 0.692. The summed E-state index contributed by atoms with van der Waals surface area (Å²) < 4.78 is 38.0. The fraction of sp³-hybridized carbons (Fsp3) is 0.133. The van der Waals surface area contributed by atoms with Crippen molar-refractivity contribution in [2.45, 2.75) is 12.6 Å². The van der Waals surface area contributed by atoms with E-state index in [4.69, 9.17) is 0 Å². The predicted molar refractivity (Wildman–Crippen MR) is 72.0 cm³/mol. The zero-order chi connectivity index (χ0) is 15.0. The smallest absolute Gasteiger partial charge is 0.416 e. The first-order chi connectivity index (χ1) is 9.91. The molecule has 108 valence electrons. The third-order valence-electron chi connectivity index (χ3n) is 3.14. The quantitative estimate of drug-likeness (QED) is 0.753. The van der Waals surface area contributed by atoms with Crippen LogP contribution in [0.25, 0.3) is 11.0 Å². The van der Waals surface area contributed by atoms with Gasteiger partial charge in [-0.2, -0.15) is 13.2 Å². The summed E-state index contributed by atoms with van der Waals surface area (Å²) in [5.41, 5.74) is 0.950. The first-order valence-electron chi connectivity index (χ1n) is 6.25. The van der Waals surface area contributed by atoms with Crippen molar-refractivity contribution < 1.29 is 18.3 Å². The minimum atomic E-state index is -4.37. The Morgan fingerprint density at radius 1 is 1.10 bits per heavy atom. The van der Waals surface area contributed by atoms with Crippen molar-refractivity contribution in [2.24, 2.45) is 0 Å². The molecule has 0 unspecified atom stereocenters. The molecule has 1 heterocycles. The second-order valence-corrected chi connectivity index (χ2v) is 4.76. The van der Waals surface area contributed by atoms with Gasteiger partial charge in [-0.15, -0.1) is 0 Å². The average Bonchev–Trinajstić information content (AvgIpc) is 2.78. The van der Waals surface area contributed by atoms with Gasteiger partial charge in [-0.3, -0.25) is 0 Å². The Balaban J connectivity index is 1.94. The largest absolute Gasteiger partial charge is 0.508 e. The van der Waals surface area contributed by atoms with Gasteiger partial charge in [0, 0.05) is 6.42 Å². The Kier molecular flexibility index (Phi) is 3.08. The van der Waals surface area contributed by atoms with E-state index in [1.165, 1.54) is 6.07 Å². The van der Waals surface area contributed by atoms with Crippen LogP contribution in [0.4, 0.5) is 13.2 Å². The van der Waals surface area contributed by atoms with Crippen LogP contribution < -0.4 is 0 Å². The summed E-state index contributed by atoms with van der Waals surface area (Å²) in [6, 6.07) is 10.1. The number of hydrogen-bond donors (Lipinski definition) is 2. The van der Waals surface area contributed by atoms with Crippen molar-refractivity contribution in [2.75, 3.05) is 0 Å². The van der Waals surface area contributed by atoms with Crippen molar-refractivity contribution in [1.82, 2.24) is 9.97 Å². The van der Waals surface area contributed by atoms with Gasteiger partial charge >= 0.3 is 6.18 Å². The molecule has 6 heteroatoms. The molecule has 0 saturated carbocycles. The number of alkyl halides is 3. The van der Waals surface area contributed by atoms with E-state index in [1.807, 2.05) is 6.07 Å². The van der Waals surface area contributed by atoms with Crippen molar-refractivity contribution in [3.8, 4) is 5.75 Å². The van der Waals surface area contributed by atoms with Gasteiger partial charge in [-0.25, -0.2) is 4.98 Å². The maximum Gasteiger partial charge on any atom is 0.416 e. The molecule has 0 aliphatic rings. The molecule has 1 aromatic heterocycles. The number of rotatable bonds is 2. The lowest BCUT2D eigenvalue weighted by molar-refractivity contribution is -0.137. The lowest BCUT2D eigenvalue weighted by Crippen LogP contribution is -2.04. The van der Waals surface area contributed by atoms with Crippen LogP contribution in [0.2, 0.25) is 0 Å². The first-order valence-corrected chi connectivity index (χ1v) is 6.25. The third kappa shape index (κ3) is 2.84. The molecule has 3 aromatic rings. The van der Waals surface area contributed by atoms with Gasteiger partial charge < -0.3 is 10.1 Å². The molecule has 3 nitrogen and oxygen atoms in total. The number of aromatic amines is 1. The minimum Gasteiger partial charge on any atom is -0.508 e. The van der Waals surface area contributed by atoms with Gasteiger partial charge in [0.2, 0.25) is 0 Å². The Hall–Kier alpha value is -2.50. The topological polar surface area (TPSA) is 48.9 Å². The number of imidazole rings is 1. The van der Waals surface area contributed by atoms with Gasteiger partial charge in [0.25, 0.3) is 0 Å². The molecule has 3 rings (SSSR count). The van der Waals surface area contributed by atoms with Crippen molar-refractivity contribution in [3.05, 3.63) is 59.4 Å². The van der Waals surface area contributed by atoms with Gasteiger partial charge in [0.15, 0.2) is 0 Å². The Labute approximate surface area is 118 Å². The predicted octanol–water partition coefficient (Wildman–Crippen LogP) is 3.88. The van der Waals surface area contributed by atoms with Gasteiger partial charge in [0.05, 0.1) is 16.6 Å². The highest BCUT2D eigenvalue weighted by atomic mass is 19.4. The van der Waals surface area contributed by atoms with Crippen LogP contribution in [0.1, 0.15) is 17.0 Å². The summed E-state index contributed by atoms with van der Waals surface area (Å²) in [6.07, 6.45) is -3.96. The van der Waals surface area contributed by atoms with Crippen molar-refractivity contribution in [1.29, 1.82) is 0 Å². The van der Waals surface area contributed by atoms with Gasteiger partial charge in [0.1, 0.15) is 11.6 Å². The second kappa shape index (κ2) is 4.80. The van der Waals surface area contributed by atoms with E-state index < -0.39 is 11.7 Å². The highest BCUT2D eigenvalue weighted by Crippen LogP contribution is 2.31. The van der Waals surface area contributed by atoms with E-state index in [-0.39, 0.29) is 5.75 Å². The summed E-state index contributed by atoms with van der Waals surface area (Å²) in [7, 11) is 0. The van der Waals surface area contributed by atoms with Gasteiger partial charge in [-0.05, 0) is 35.9 Å². The van der Waals surface area contributed by atoms with Crippen molar-refractivity contribution in [3.63, 3.8) is 0 Å². The molecule has 0 saturated heterocycles. The number of fused-ring (bicyclic) bond motifs is 1. The number of benzene rings is 2.